The molecule has 0 atom stereocenters. The normalized spacial score (nSPS) is 14.6. The van der Waals surface area contributed by atoms with Gasteiger partial charge >= 0.3 is 5.97 Å². The zero-order valence-corrected chi connectivity index (χ0v) is 6.91. The molecule has 0 fully saturated rings. The number of hydrogen-bond acceptors (Lipinski definition) is 3. The highest BCUT2D eigenvalue weighted by molar-refractivity contribution is 5.72. The summed E-state index contributed by atoms with van der Waals surface area (Å²) < 4.78 is 4.53. The fourth-order valence-corrected chi connectivity index (χ4v) is 0.832. The summed E-state index contributed by atoms with van der Waals surface area (Å²) in [6.45, 7) is 0. The number of esters is 1. The molecule has 1 aliphatic rings. The first-order valence-electron chi connectivity index (χ1n) is 3.68. The van der Waals surface area contributed by atoms with Crippen molar-refractivity contribution in [3.05, 3.63) is 36.2 Å². The molecule has 0 saturated heterocycles. The van der Waals surface area contributed by atoms with Crippen molar-refractivity contribution in [3.63, 3.8) is 0 Å². The molecule has 1 aliphatic heterocycles. The SMILES string of the molecule is COC(=O)CC1=CC=CC=CN1. The minimum Gasteiger partial charge on any atom is -0.469 e. The largest absolute Gasteiger partial charge is 0.469 e. The van der Waals surface area contributed by atoms with Gasteiger partial charge in [0.1, 0.15) is 0 Å². The Morgan fingerprint density at radius 1 is 1.50 bits per heavy atom. The van der Waals surface area contributed by atoms with E-state index in [1.54, 1.807) is 6.20 Å². The van der Waals surface area contributed by atoms with Crippen molar-refractivity contribution in [2.75, 3.05) is 7.11 Å². The summed E-state index contributed by atoms with van der Waals surface area (Å²) in [6, 6.07) is 0. The molecule has 0 aromatic carbocycles. The van der Waals surface area contributed by atoms with Crippen LogP contribution in [0.15, 0.2) is 36.2 Å². The molecule has 3 heteroatoms. The van der Waals surface area contributed by atoms with Gasteiger partial charge < -0.3 is 10.1 Å². The summed E-state index contributed by atoms with van der Waals surface area (Å²) in [5, 5.41) is 2.96. The van der Waals surface area contributed by atoms with Crippen molar-refractivity contribution in [1.29, 1.82) is 0 Å². The van der Waals surface area contributed by atoms with Crippen molar-refractivity contribution in [1.82, 2.24) is 5.32 Å². The average Bonchev–Trinajstić information content (AvgIpc) is 2.33. The van der Waals surface area contributed by atoms with Crippen LogP contribution in [0.3, 0.4) is 0 Å². The lowest BCUT2D eigenvalue weighted by atomic mass is 10.3. The molecule has 64 valence electrons. The summed E-state index contributed by atoms with van der Waals surface area (Å²) in [5.41, 5.74) is 0.840. The molecule has 1 heterocycles. The number of hydrogen-bond donors (Lipinski definition) is 1. The second-order valence-corrected chi connectivity index (χ2v) is 2.33. The number of nitrogens with one attached hydrogen (secondary N) is 1. The van der Waals surface area contributed by atoms with Gasteiger partial charge in [-0.25, -0.2) is 0 Å². The van der Waals surface area contributed by atoms with Crippen LogP contribution in [-0.4, -0.2) is 13.1 Å². The summed E-state index contributed by atoms with van der Waals surface area (Å²) in [5.74, 6) is -0.238. The first kappa shape index (κ1) is 8.59. The quantitative estimate of drug-likeness (QED) is 0.623. The molecule has 3 nitrogen and oxygen atoms in total. The Kier molecular flexibility index (Phi) is 3.14. The molecule has 1 N–H and O–H groups in total. The smallest absolute Gasteiger partial charge is 0.311 e. The summed E-state index contributed by atoms with van der Waals surface area (Å²) in [7, 11) is 1.38. The zero-order chi connectivity index (χ0) is 8.81. The van der Waals surface area contributed by atoms with Gasteiger partial charge in [0.05, 0.1) is 13.5 Å². The molecular weight excluding hydrogens is 154 g/mol. The van der Waals surface area contributed by atoms with Crippen LogP contribution in [0.4, 0.5) is 0 Å². The van der Waals surface area contributed by atoms with Gasteiger partial charge in [-0.2, -0.15) is 0 Å². The molecule has 1 rings (SSSR count). The van der Waals surface area contributed by atoms with Gasteiger partial charge in [0.15, 0.2) is 0 Å². The Bertz CT molecular complexity index is 251. The Morgan fingerprint density at radius 3 is 3.08 bits per heavy atom. The number of carbonyl (C=O) groups is 1. The van der Waals surface area contributed by atoms with Crippen molar-refractivity contribution in [3.8, 4) is 0 Å². The number of ether oxygens (including phenoxy) is 1. The highest BCUT2D eigenvalue weighted by Gasteiger charge is 2.03. The van der Waals surface area contributed by atoms with Crippen LogP contribution in [0.1, 0.15) is 6.42 Å². The molecule has 0 aliphatic carbocycles. The molecule has 0 radical (unpaired) electrons. The van der Waals surface area contributed by atoms with Crippen molar-refractivity contribution >= 4 is 5.97 Å². The third-order valence-electron chi connectivity index (χ3n) is 1.45. The minimum atomic E-state index is -0.238. The van der Waals surface area contributed by atoms with E-state index in [1.165, 1.54) is 7.11 Å². The maximum absolute atomic E-state index is 10.8. The number of methoxy groups -OCH3 is 1. The maximum atomic E-state index is 10.8. The third-order valence-corrected chi connectivity index (χ3v) is 1.45. The van der Waals surface area contributed by atoms with Crippen LogP contribution < -0.4 is 5.32 Å². The van der Waals surface area contributed by atoms with Crippen molar-refractivity contribution in [2.24, 2.45) is 0 Å². The summed E-state index contributed by atoms with van der Waals surface area (Å²) in [4.78, 5) is 10.8. The van der Waals surface area contributed by atoms with E-state index in [-0.39, 0.29) is 12.4 Å². The van der Waals surface area contributed by atoms with Gasteiger partial charge in [0, 0.05) is 11.9 Å². The predicted octanol–water partition coefficient (Wildman–Crippen LogP) is 1.11. The van der Waals surface area contributed by atoms with E-state index in [9.17, 15) is 4.79 Å². The van der Waals surface area contributed by atoms with E-state index in [0.29, 0.717) is 0 Å². The molecule has 0 bridgehead atoms. The van der Waals surface area contributed by atoms with E-state index in [4.69, 9.17) is 0 Å². The molecule has 0 saturated carbocycles. The fraction of sp³-hybridized carbons (Fsp3) is 0.222. The molecule has 0 aromatic heterocycles. The number of carbonyl (C=O) groups excluding carboxylic acids is 1. The van der Waals surface area contributed by atoms with Crippen molar-refractivity contribution in [2.45, 2.75) is 6.42 Å². The van der Waals surface area contributed by atoms with Crippen LogP contribution >= 0.6 is 0 Å². The molecule has 12 heavy (non-hydrogen) atoms. The van der Waals surface area contributed by atoms with Crippen molar-refractivity contribution < 1.29 is 9.53 Å². The molecular formula is C9H11NO2. The lowest BCUT2D eigenvalue weighted by Crippen LogP contribution is -2.10. The van der Waals surface area contributed by atoms with Crippen LogP contribution in [0.5, 0.6) is 0 Å². The molecule has 0 unspecified atom stereocenters. The van der Waals surface area contributed by atoms with Gasteiger partial charge in [-0.15, -0.1) is 0 Å². The van der Waals surface area contributed by atoms with Gasteiger partial charge in [-0.1, -0.05) is 12.2 Å². The Morgan fingerprint density at radius 2 is 2.33 bits per heavy atom. The van der Waals surface area contributed by atoms with E-state index < -0.39 is 0 Å². The van der Waals surface area contributed by atoms with Crippen LogP contribution in [0.2, 0.25) is 0 Å². The molecule has 0 aromatic rings. The number of allylic oxidation sites excluding steroid dienone is 4. The van der Waals surface area contributed by atoms with Gasteiger partial charge in [-0.3, -0.25) is 4.79 Å². The Hall–Kier alpha value is -1.51. The van der Waals surface area contributed by atoms with E-state index >= 15 is 0 Å². The van der Waals surface area contributed by atoms with Crippen LogP contribution in [0, 0.1) is 0 Å². The lowest BCUT2D eigenvalue weighted by Gasteiger charge is -2.03. The van der Waals surface area contributed by atoms with Crippen LogP contribution in [0.25, 0.3) is 0 Å². The van der Waals surface area contributed by atoms with Gasteiger partial charge in [-0.05, 0) is 12.2 Å². The Balaban J connectivity index is 2.52. The standard InChI is InChI=1S/C9H11NO2/c1-12-9(11)7-8-5-3-2-4-6-10-8/h2-6,10H,7H2,1H3. The summed E-state index contributed by atoms with van der Waals surface area (Å²) in [6.07, 6.45) is 9.52. The molecule has 0 spiro atoms. The van der Waals surface area contributed by atoms with E-state index in [1.807, 2.05) is 24.3 Å². The lowest BCUT2D eigenvalue weighted by molar-refractivity contribution is -0.139. The maximum Gasteiger partial charge on any atom is 0.311 e. The van der Waals surface area contributed by atoms with E-state index in [0.717, 1.165) is 5.70 Å². The highest BCUT2D eigenvalue weighted by atomic mass is 16.5. The monoisotopic (exact) mass is 165 g/mol. The first-order chi connectivity index (χ1) is 5.83. The molecule has 0 amide bonds. The minimum absolute atomic E-state index is 0.238. The first-order valence-corrected chi connectivity index (χ1v) is 3.68. The fourth-order valence-electron chi connectivity index (χ4n) is 0.832. The Labute approximate surface area is 71.4 Å². The topological polar surface area (TPSA) is 38.3 Å². The second kappa shape index (κ2) is 4.38. The van der Waals surface area contributed by atoms with Gasteiger partial charge in [0.25, 0.3) is 0 Å². The zero-order valence-electron chi connectivity index (χ0n) is 6.91. The number of rotatable bonds is 2. The predicted molar refractivity (Wildman–Crippen MR) is 46.1 cm³/mol. The second-order valence-electron chi connectivity index (χ2n) is 2.33. The highest BCUT2D eigenvalue weighted by Crippen LogP contribution is 2.01. The van der Waals surface area contributed by atoms with Gasteiger partial charge in [0.2, 0.25) is 0 Å². The van der Waals surface area contributed by atoms with E-state index in [2.05, 4.69) is 10.1 Å². The van der Waals surface area contributed by atoms with Crippen LogP contribution in [-0.2, 0) is 9.53 Å². The third kappa shape index (κ3) is 2.62. The summed E-state index contributed by atoms with van der Waals surface area (Å²) >= 11 is 0. The average molecular weight is 165 g/mol.